The molecule has 200 valence electrons. The minimum absolute atomic E-state index is 0.333. The van der Waals surface area contributed by atoms with Gasteiger partial charge >= 0.3 is 10.1 Å². The van der Waals surface area contributed by atoms with Crippen molar-refractivity contribution >= 4 is 20.4 Å². The quantitative estimate of drug-likeness (QED) is 0.116. The smallest absolute Gasteiger partial charge is 0.203 e. The van der Waals surface area contributed by atoms with Gasteiger partial charge in [0.2, 0.25) is 5.82 Å². The molecule has 0 radical (unpaired) electrons. The van der Waals surface area contributed by atoms with E-state index in [9.17, 15) is 30.4 Å². The molecular formula is C28H23F5O3S2. The molecule has 0 N–H and O–H groups in total. The Bertz CT molecular complexity index is 1460. The lowest BCUT2D eigenvalue weighted by Gasteiger charge is -2.39. The van der Waals surface area contributed by atoms with Crippen LogP contribution in [-0.4, -0.2) is 8.42 Å². The molecule has 0 bridgehead atoms. The zero-order chi connectivity index (χ0) is 27.5. The van der Waals surface area contributed by atoms with Crippen molar-refractivity contribution < 1.29 is 34.0 Å². The summed E-state index contributed by atoms with van der Waals surface area (Å²) >= 11 is 0. The highest BCUT2D eigenvalue weighted by atomic mass is 32.3. The summed E-state index contributed by atoms with van der Waals surface area (Å²) in [6, 6.07) is 23.1. The predicted octanol–water partition coefficient (Wildman–Crippen LogP) is 8.33. The zero-order valence-electron chi connectivity index (χ0n) is 20.1. The van der Waals surface area contributed by atoms with Crippen molar-refractivity contribution in [3.8, 4) is 0 Å². The van der Waals surface area contributed by atoms with Crippen molar-refractivity contribution in [3.05, 3.63) is 120 Å². The van der Waals surface area contributed by atoms with Crippen molar-refractivity contribution in [3.63, 3.8) is 0 Å². The van der Waals surface area contributed by atoms with Gasteiger partial charge < -0.3 is 0 Å². The Morgan fingerprint density at radius 1 is 0.605 bits per heavy atom. The molecule has 3 nitrogen and oxygen atoms in total. The van der Waals surface area contributed by atoms with Gasteiger partial charge in [-0.25, -0.2) is 25.6 Å². The van der Waals surface area contributed by atoms with Gasteiger partial charge in [0.1, 0.15) is 0 Å². The number of unbranched alkanes of at least 4 members (excludes halogenated alkanes) is 1. The Morgan fingerprint density at radius 3 is 1.47 bits per heavy atom. The Balaban J connectivity index is 2.01. The average molecular weight is 567 g/mol. The van der Waals surface area contributed by atoms with Crippen LogP contribution in [0, 0.1) is 29.1 Å². The first-order valence-electron chi connectivity index (χ1n) is 11.6. The van der Waals surface area contributed by atoms with Crippen molar-refractivity contribution in [2.45, 2.75) is 45.8 Å². The van der Waals surface area contributed by atoms with Crippen molar-refractivity contribution in [2.75, 3.05) is 0 Å². The molecule has 0 heterocycles. The van der Waals surface area contributed by atoms with E-state index < -0.39 is 54.4 Å². The summed E-state index contributed by atoms with van der Waals surface area (Å²) in [5.74, 6) is -12.2. The number of aryl methyl sites for hydroxylation is 1. The van der Waals surface area contributed by atoms with E-state index in [1.807, 2.05) is 6.92 Å². The van der Waals surface area contributed by atoms with E-state index in [0.29, 0.717) is 14.7 Å². The van der Waals surface area contributed by atoms with Crippen LogP contribution in [0.3, 0.4) is 0 Å². The van der Waals surface area contributed by atoms with Gasteiger partial charge in [0, 0.05) is 14.7 Å². The molecule has 0 saturated heterocycles. The van der Waals surface area contributed by atoms with E-state index in [-0.39, 0.29) is 0 Å². The highest BCUT2D eigenvalue weighted by Gasteiger charge is 2.42. The van der Waals surface area contributed by atoms with Crippen molar-refractivity contribution in [1.29, 1.82) is 0 Å². The summed E-state index contributed by atoms with van der Waals surface area (Å²) < 4.78 is 104. The number of hydrogen-bond donors (Lipinski definition) is 0. The standard InChI is InChI=1S/C28H23F5O3S2/c1-2-3-10-19-15-17-22(18-16-19)37(20-11-6-4-7-12-20,21-13-8-5-9-14-21)36-38(34,35)28-26(32)24(30)23(29)25(31)27(28)33/h4-9,11-18H,2-3,10H2,1H3. The van der Waals surface area contributed by atoms with Crippen LogP contribution < -0.4 is 0 Å². The monoisotopic (exact) mass is 566 g/mol. The molecule has 0 saturated carbocycles. The fourth-order valence-electron chi connectivity index (χ4n) is 3.95. The summed E-state index contributed by atoms with van der Waals surface area (Å²) in [5.41, 5.74) is 0.979. The fourth-order valence-corrected chi connectivity index (χ4v) is 9.28. The van der Waals surface area contributed by atoms with Crippen LogP contribution in [0.1, 0.15) is 25.3 Å². The lowest BCUT2D eigenvalue weighted by atomic mass is 10.1. The largest absolute Gasteiger partial charge is 0.313 e. The average Bonchev–Trinajstić information content (AvgIpc) is 2.94. The number of hydrogen-bond acceptors (Lipinski definition) is 3. The molecule has 0 aliphatic rings. The maximum atomic E-state index is 14.7. The molecule has 0 aromatic heterocycles. The molecule has 0 unspecified atom stereocenters. The first-order chi connectivity index (χ1) is 18.1. The molecule has 0 aliphatic heterocycles. The van der Waals surface area contributed by atoms with Gasteiger partial charge in [0.05, 0.1) is 0 Å². The molecule has 0 fully saturated rings. The van der Waals surface area contributed by atoms with Crippen LogP contribution in [-0.2, 0) is 20.2 Å². The molecule has 0 spiro atoms. The first-order valence-corrected chi connectivity index (χ1v) is 14.6. The number of rotatable bonds is 9. The number of benzene rings is 4. The fraction of sp³-hybridized carbons (Fsp3) is 0.143. The van der Waals surface area contributed by atoms with Gasteiger partial charge in [-0.1, -0.05) is 61.9 Å². The Morgan fingerprint density at radius 2 is 1.03 bits per heavy atom. The first kappa shape index (κ1) is 27.8. The van der Waals surface area contributed by atoms with Crippen LogP contribution >= 0.6 is 10.3 Å². The van der Waals surface area contributed by atoms with Gasteiger partial charge in [0.15, 0.2) is 28.2 Å². The third-order valence-corrected chi connectivity index (χ3v) is 11.0. The molecule has 38 heavy (non-hydrogen) atoms. The van der Waals surface area contributed by atoms with E-state index in [1.54, 1.807) is 84.9 Å². The summed E-state index contributed by atoms with van der Waals surface area (Å²) in [6.07, 6.45) is 2.67. The second kappa shape index (κ2) is 11.3. The Hall–Kier alpha value is -3.21. The Labute approximate surface area is 219 Å². The van der Waals surface area contributed by atoms with E-state index in [4.69, 9.17) is 3.63 Å². The molecular weight excluding hydrogens is 543 g/mol. The minimum atomic E-state index is -5.57. The highest BCUT2D eigenvalue weighted by molar-refractivity contribution is 8.33. The van der Waals surface area contributed by atoms with E-state index in [1.165, 1.54) is 0 Å². The second-order valence-electron chi connectivity index (χ2n) is 8.35. The predicted molar refractivity (Wildman–Crippen MR) is 135 cm³/mol. The van der Waals surface area contributed by atoms with Gasteiger partial charge in [-0.05, 0) is 65.1 Å². The van der Waals surface area contributed by atoms with E-state index in [0.717, 1.165) is 24.8 Å². The van der Waals surface area contributed by atoms with Crippen LogP contribution in [0.4, 0.5) is 22.0 Å². The molecule has 0 amide bonds. The molecule has 4 aromatic rings. The second-order valence-corrected chi connectivity index (χ2v) is 12.7. The Kier molecular flexibility index (Phi) is 8.25. The lowest BCUT2D eigenvalue weighted by Crippen LogP contribution is -2.19. The zero-order valence-corrected chi connectivity index (χ0v) is 21.8. The maximum Gasteiger partial charge on any atom is 0.313 e. The molecule has 0 atom stereocenters. The molecule has 10 heteroatoms. The topological polar surface area (TPSA) is 43.4 Å². The van der Waals surface area contributed by atoms with Crippen LogP contribution in [0.5, 0.6) is 0 Å². The number of halogens is 5. The van der Waals surface area contributed by atoms with Crippen LogP contribution in [0.2, 0.25) is 0 Å². The summed E-state index contributed by atoms with van der Waals surface area (Å²) in [4.78, 5) is -1.03. The summed E-state index contributed by atoms with van der Waals surface area (Å²) in [7, 11) is -8.87. The van der Waals surface area contributed by atoms with E-state index >= 15 is 0 Å². The summed E-state index contributed by atoms with van der Waals surface area (Å²) in [6.45, 7) is 2.05. The SMILES string of the molecule is CCCCc1ccc(S(OS(=O)(=O)c2c(F)c(F)c(F)c(F)c2F)(c2ccccc2)c2ccccc2)cc1. The van der Waals surface area contributed by atoms with Gasteiger partial charge in [-0.3, -0.25) is 0 Å². The molecule has 4 rings (SSSR count). The maximum absolute atomic E-state index is 14.7. The van der Waals surface area contributed by atoms with E-state index in [2.05, 4.69) is 0 Å². The van der Waals surface area contributed by atoms with Gasteiger partial charge in [-0.15, -0.1) is 0 Å². The molecule has 4 aromatic carbocycles. The lowest BCUT2D eigenvalue weighted by molar-refractivity contribution is 0.354. The third-order valence-electron chi connectivity index (χ3n) is 5.84. The summed E-state index contributed by atoms with van der Waals surface area (Å²) in [5, 5.41) is 0. The van der Waals surface area contributed by atoms with Crippen LogP contribution in [0.25, 0.3) is 0 Å². The highest BCUT2D eigenvalue weighted by Crippen LogP contribution is 2.70. The molecule has 0 aliphatic carbocycles. The van der Waals surface area contributed by atoms with Crippen molar-refractivity contribution in [1.82, 2.24) is 0 Å². The third kappa shape index (κ3) is 5.08. The normalized spacial score (nSPS) is 12.5. The van der Waals surface area contributed by atoms with Gasteiger partial charge in [-0.2, -0.15) is 8.42 Å². The van der Waals surface area contributed by atoms with Gasteiger partial charge in [0.25, 0.3) is 0 Å². The minimum Gasteiger partial charge on any atom is -0.203 e. The van der Waals surface area contributed by atoms with Crippen molar-refractivity contribution in [2.24, 2.45) is 0 Å². The van der Waals surface area contributed by atoms with Crippen LogP contribution in [0.15, 0.2) is 105 Å².